The summed E-state index contributed by atoms with van der Waals surface area (Å²) in [4.78, 5) is 21.0. The predicted molar refractivity (Wildman–Crippen MR) is 77.7 cm³/mol. The van der Waals surface area contributed by atoms with Crippen molar-refractivity contribution >= 4 is 5.97 Å². The SMILES string of the molecule is CCOC(=O)C(C)(NCC1CCCO1)c1nccnc1C. The van der Waals surface area contributed by atoms with Crippen LogP contribution in [0.4, 0.5) is 0 Å². The number of esters is 1. The van der Waals surface area contributed by atoms with Crippen molar-refractivity contribution in [1.29, 1.82) is 0 Å². The molecule has 1 aromatic rings. The van der Waals surface area contributed by atoms with Gasteiger partial charge >= 0.3 is 5.97 Å². The highest BCUT2D eigenvalue weighted by Crippen LogP contribution is 2.23. The topological polar surface area (TPSA) is 73.3 Å². The van der Waals surface area contributed by atoms with E-state index in [1.54, 1.807) is 26.2 Å². The molecule has 6 nitrogen and oxygen atoms in total. The molecule has 6 heteroatoms. The van der Waals surface area contributed by atoms with E-state index in [9.17, 15) is 4.79 Å². The molecule has 0 bridgehead atoms. The predicted octanol–water partition coefficient (Wildman–Crippen LogP) is 1.33. The fraction of sp³-hybridized carbons (Fsp3) is 0.667. The van der Waals surface area contributed by atoms with E-state index < -0.39 is 5.54 Å². The summed E-state index contributed by atoms with van der Waals surface area (Å²) < 4.78 is 10.8. The molecule has 1 saturated heterocycles. The lowest BCUT2D eigenvalue weighted by molar-refractivity contribution is -0.151. The van der Waals surface area contributed by atoms with Crippen molar-refractivity contribution < 1.29 is 14.3 Å². The quantitative estimate of drug-likeness (QED) is 0.798. The Balaban J connectivity index is 2.21. The number of aryl methyl sites for hydroxylation is 1. The fourth-order valence-electron chi connectivity index (χ4n) is 2.55. The summed E-state index contributed by atoms with van der Waals surface area (Å²) in [7, 11) is 0. The van der Waals surface area contributed by atoms with Crippen molar-refractivity contribution in [3.8, 4) is 0 Å². The summed E-state index contributed by atoms with van der Waals surface area (Å²) in [5.74, 6) is -0.341. The molecule has 0 aromatic carbocycles. The molecule has 0 spiro atoms. The zero-order chi connectivity index (χ0) is 15.3. The molecule has 21 heavy (non-hydrogen) atoms. The number of hydrogen-bond donors (Lipinski definition) is 1. The number of carbonyl (C=O) groups is 1. The highest BCUT2D eigenvalue weighted by atomic mass is 16.5. The number of rotatable bonds is 6. The van der Waals surface area contributed by atoms with E-state index in [0.717, 1.165) is 19.4 Å². The summed E-state index contributed by atoms with van der Waals surface area (Å²) in [5.41, 5.74) is 0.301. The van der Waals surface area contributed by atoms with Crippen molar-refractivity contribution in [2.45, 2.75) is 45.3 Å². The van der Waals surface area contributed by atoms with Crippen molar-refractivity contribution in [3.05, 3.63) is 23.8 Å². The van der Waals surface area contributed by atoms with Gasteiger partial charge in [0, 0.05) is 25.5 Å². The lowest BCUT2D eigenvalue weighted by Crippen LogP contribution is -2.51. The van der Waals surface area contributed by atoms with Crippen LogP contribution in [0.15, 0.2) is 12.4 Å². The van der Waals surface area contributed by atoms with E-state index in [4.69, 9.17) is 9.47 Å². The van der Waals surface area contributed by atoms with E-state index in [0.29, 0.717) is 24.5 Å². The Morgan fingerprint density at radius 1 is 1.52 bits per heavy atom. The highest BCUT2D eigenvalue weighted by molar-refractivity contribution is 5.81. The third kappa shape index (κ3) is 3.57. The number of hydrogen-bond acceptors (Lipinski definition) is 6. The first-order chi connectivity index (χ1) is 10.1. The van der Waals surface area contributed by atoms with Gasteiger partial charge in [0.15, 0.2) is 5.54 Å². The molecule has 1 fully saturated rings. The van der Waals surface area contributed by atoms with Crippen LogP contribution in [0.1, 0.15) is 38.1 Å². The first kappa shape index (κ1) is 15.9. The average Bonchev–Trinajstić information content (AvgIpc) is 2.99. The monoisotopic (exact) mass is 293 g/mol. The first-order valence-electron chi connectivity index (χ1n) is 7.40. The minimum Gasteiger partial charge on any atom is -0.464 e. The minimum atomic E-state index is -1.01. The molecule has 0 saturated carbocycles. The molecule has 1 aliphatic heterocycles. The molecular formula is C15H23N3O3. The van der Waals surface area contributed by atoms with Crippen LogP contribution >= 0.6 is 0 Å². The van der Waals surface area contributed by atoms with E-state index in [1.807, 2.05) is 6.92 Å². The van der Waals surface area contributed by atoms with Gasteiger partial charge in [-0.25, -0.2) is 4.79 Å². The maximum absolute atomic E-state index is 12.4. The maximum Gasteiger partial charge on any atom is 0.332 e. The Labute approximate surface area is 125 Å². The number of ether oxygens (including phenoxy) is 2. The molecule has 2 rings (SSSR count). The molecule has 0 aliphatic carbocycles. The summed E-state index contributed by atoms with van der Waals surface area (Å²) in [6, 6.07) is 0. The average molecular weight is 293 g/mol. The molecule has 2 atom stereocenters. The Kier molecular flexibility index (Phi) is 5.25. The molecule has 116 valence electrons. The van der Waals surface area contributed by atoms with Gasteiger partial charge in [0.1, 0.15) is 0 Å². The van der Waals surface area contributed by atoms with Gasteiger partial charge in [-0.3, -0.25) is 15.3 Å². The minimum absolute atomic E-state index is 0.135. The molecule has 1 aromatic heterocycles. The van der Waals surface area contributed by atoms with E-state index >= 15 is 0 Å². The van der Waals surface area contributed by atoms with Crippen LogP contribution in [0.5, 0.6) is 0 Å². The van der Waals surface area contributed by atoms with Crippen molar-refractivity contribution in [2.24, 2.45) is 0 Å². The Hall–Kier alpha value is -1.53. The second-order valence-corrected chi connectivity index (χ2v) is 5.35. The van der Waals surface area contributed by atoms with Gasteiger partial charge in [0.05, 0.1) is 24.1 Å². The van der Waals surface area contributed by atoms with Gasteiger partial charge in [-0.1, -0.05) is 0 Å². The van der Waals surface area contributed by atoms with E-state index in [2.05, 4.69) is 15.3 Å². The molecule has 2 unspecified atom stereocenters. The van der Waals surface area contributed by atoms with Crippen LogP contribution in [0.3, 0.4) is 0 Å². The number of nitrogens with zero attached hydrogens (tertiary/aromatic N) is 2. The Morgan fingerprint density at radius 3 is 2.90 bits per heavy atom. The van der Waals surface area contributed by atoms with Crippen molar-refractivity contribution in [1.82, 2.24) is 15.3 Å². The van der Waals surface area contributed by atoms with Gasteiger partial charge in [0.25, 0.3) is 0 Å². The normalized spacial score (nSPS) is 21.0. The van der Waals surface area contributed by atoms with Crippen molar-refractivity contribution in [2.75, 3.05) is 19.8 Å². The van der Waals surface area contributed by atoms with Gasteiger partial charge in [0.2, 0.25) is 0 Å². The second kappa shape index (κ2) is 6.95. The molecular weight excluding hydrogens is 270 g/mol. The zero-order valence-electron chi connectivity index (χ0n) is 12.9. The van der Waals surface area contributed by atoms with Gasteiger partial charge < -0.3 is 9.47 Å². The maximum atomic E-state index is 12.4. The summed E-state index contributed by atoms with van der Waals surface area (Å²) in [5, 5.41) is 3.28. The van der Waals surface area contributed by atoms with Crippen LogP contribution in [0.25, 0.3) is 0 Å². The van der Waals surface area contributed by atoms with E-state index in [1.165, 1.54) is 0 Å². The van der Waals surface area contributed by atoms with Crippen LogP contribution in [0, 0.1) is 6.92 Å². The third-order valence-electron chi connectivity index (χ3n) is 3.75. The molecule has 1 N–H and O–H groups in total. The van der Waals surface area contributed by atoms with E-state index in [-0.39, 0.29) is 12.1 Å². The number of carbonyl (C=O) groups excluding carboxylic acids is 1. The largest absolute Gasteiger partial charge is 0.464 e. The molecule has 0 radical (unpaired) electrons. The van der Waals surface area contributed by atoms with Crippen LogP contribution in [0.2, 0.25) is 0 Å². The van der Waals surface area contributed by atoms with Crippen LogP contribution < -0.4 is 5.32 Å². The number of nitrogens with one attached hydrogen (secondary N) is 1. The standard InChI is InChI=1S/C15H23N3O3/c1-4-20-14(19)15(3,13-11(2)16-7-8-17-13)18-10-12-6-5-9-21-12/h7-8,12,18H,4-6,9-10H2,1-3H3. The first-order valence-corrected chi connectivity index (χ1v) is 7.40. The summed E-state index contributed by atoms with van der Waals surface area (Å²) in [6.07, 6.45) is 5.41. The highest BCUT2D eigenvalue weighted by Gasteiger charge is 2.40. The lowest BCUT2D eigenvalue weighted by Gasteiger charge is -2.29. The van der Waals surface area contributed by atoms with Gasteiger partial charge in [-0.2, -0.15) is 0 Å². The third-order valence-corrected chi connectivity index (χ3v) is 3.75. The zero-order valence-corrected chi connectivity index (χ0v) is 12.9. The smallest absolute Gasteiger partial charge is 0.332 e. The second-order valence-electron chi connectivity index (χ2n) is 5.35. The Morgan fingerprint density at radius 2 is 2.29 bits per heavy atom. The summed E-state index contributed by atoms with van der Waals surface area (Å²) in [6.45, 7) is 7.12. The van der Waals surface area contributed by atoms with Gasteiger partial charge in [-0.15, -0.1) is 0 Å². The summed E-state index contributed by atoms with van der Waals surface area (Å²) >= 11 is 0. The fourth-order valence-corrected chi connectivity index (χ4v) is 2.55. The van der Waals surface area contributed by atoms with Crippen LogP contribution in [-0.4, -0.2) is 41.8 Å². The van der Waals surface area contributed by atoms with Gasteiger partial charge in [-0.05, 0) is 33.6 Å². The molecule has 2 heterocycles. The molecule has 1 aliphatic rings. The van der Waals surface area contributed by atoms with Crippen molar-refractivity contribution in [3.63, 3.8) is 0 Å². The number of aromatic nitrogens is 2. The lowest BCUT2D eigenvalue weighted by atomic mass is 9.95. The molecule has 0 amide bonds. The van der Waals surface area contributed by atoms with Crippen LogP contribution in [-0.2, 0) is 19.8 Å². The Bertz CT molecular complexity index is 489.